The van der Waals surface area contributed by atoms with Crippen LogP contribution in [0.4, 0.5) is 5.82 Å². The molecule has 0 aliphatic carbocycles. The molecule has 0 aliphatic heterocycles. The van der Waals surface area contributed by atoms with Gasteiger partial charge in [0.15, 0.2) is 0 Å². The summed E-state index contributed by atoms with van der Waals surface area (Å²) in [5, 5.41) is 9.09. The summed E-state index contributed by atoms with van der Waals surface area (Å²) in [5.41, 5.74) is 3.65. The van der Waals surface area contributed by atoms with Crippen LogP contribution in [-0.2, 0) is 0 Å². The van der Waals surface area contributed by atoms with Gasteiger partial charge in [-0.25, -0.2) is 4.98 Å². The molecule has 0 unspecified atom stereocenters. The van der Waals surface area contributed by atoms with Gasteiger partial charge in [-0.05, 0) is 42.7 Å². The van der Waals surface area contributed by atoms with Crippen molar-refractivity contribution in [3.05, 3.63) is 48.2 Å². The summed E-state index contributed by atoms with van der Waals surface area (Å²) in [5.74, 6) is 0.914. The summed E-state index contributed by atoms with van der Waals surface area (Å²) < 4.78 is 0. The Bertz CT molecular complexity index is 540. The van der Waals surface area contributed by atoms with Crippen LogP contribution in [0.3, 0.4) is 0 Å². The minimum Gasteiger partial charge on any atom is -0.395 e. The van der Waals surface area contributed by atoms with E-state index in [1.165, 1.54) is 16.7 Å². The SMILES string of the molecule is CCN(CCO)c1cc(-c2ccccc2C)ccn1. The molecular weight excluding hydrogens is 236 g/mol. The molecule has 3 heteroatoms. The highest BCUT2D eigenvalue weighted by Gasteiger charge is 2.07. The lowest BCUT2D eigenvalue weighted by molar-refractivity contribution is 0.302. The first-order valence-electron chi connectivity index (χ1n) is 6.64. The summed E-state index contributed by atoms with van der Waals surface area (Å²) in [6, 6.07) is 12.4. The number of aryl methyl sites for hydroxylation is 1. The number of benzene rings is 1. The predicted molar refractivity (Wildman–Crippen MR) is 79.4 cm³/mol. The molecule has 0 bridgehead atoms. The van der Waals surface area contributed by atoms with E-state index in [0.717, 1.165) is 12.4 Å². The van der Waals surface area contributed by atoms with Gasteiger partial charge in [0.1, 0.15) is 5.82 Å². The molecule has 1 aromatic carbocycles. The van der Waals surface area contributed by atoms with E-state index in [1.54, 1.807) is 0 Å². The van der Waals surface area contributed by atoms with Crippen molar-refractivity contribution in [1.29, 1.82) is 0 Å². The van der Waals surface area contributed by atoms with Crippen LogP contribution in [0.15, 0.2) is 42.6 Å². The fourth-order valence-corrected chi connectivity index (χ4v) is 2.21. The van der Waals surface area contributed by atoms with Crippen LogP contribution < -0.4 is 4.90 Å². The Balaban J connectivity index is 2.36. The van der Waals surface area contributed by atoms with Crippen molar-refractivity contribution in [1.82, 2.24) is 4.98 Å². The third kappa shape index (κ3) is 3.12. The minimum absolute atomic E-state index is 0.143. The highest BCUT2D eigenvalue weighted by molar-refractivity contribution is 5.69. The number of hydrogen-bond donors (Lipinski definition) is 1. The third-order valence-corrected chi connectivity index (χ3v) is 3.28. The second kappa shape index (κ2) is 6.34. The number of hydrogen-bond acceptors (Lipinski definition) is 3. The average molecular weight is 256 g/mol. The standard InChI is InChI=1S/C16H20N2O/c1-3-18(10-11-19)16-12-14(8-9-17-16)15-7-5-4-6-13(15)2/h4-9,12,19H,3,10-11H2,1-2H3. The molecule has 0 radical (unpaired) electrons. The van der Waals surface area contributed by atoms with Crippen LogP contribution >= 0.6 is 0 Å². The Kier molecular flexibility index (Phi) is 4.53. The van der Waals surface area contributed by atoms with Crippen molar-refractivity contribution in [2.24, 2.45) is 0 Å². The molecule has 0 saturated carbocycles. The number of pyridine rings is 1. The molecule has 2 aromatic rings. The summed E-state index contributed by atoms with van der Waals surface area (Å²) in [7, 11) is 0. The number of anilines is 1. The number of aromatic nitrogens is 1. The zero-order valence-electron chi connectivity index (χ0n) is 11.5. The van der Waals surface area contributed by atoms with Gasteiger partial charge in [0, 0.05) is 19.3 Å². The molecule has 0 amide bonds. The number of aliphatic hydroxyl groups excluding tert-OH is 1. The zero-order chi connectivity index (χ0) is 13.7. The van der Waals surface area contributed by atoms with Crippen molar-refractivity contribution in [2.45, 2.75) is 13.8 Å². The van der Waals surface area contributed by atoms with E-state index in [4.69, 9.17) is 5.11 Å². The average Bonchev–Trinajstić information content (AvgIpc) is 2.45. The number of nitrogens with zero attached hydrogens (tertiary/aromatic N) is 2. The fraction of sp³-hybridized carbons (Fsp3) is 0.312. The molecule has 2 rings (SSSR count). The molecule has 19 heavy (non-hydrogen) atoms. The van der Waals surface area contributed by atoms with Crippen LogP contribution in [0.2, 0.25) is 0 Å². The molecule has 100 valence electrons. The predicted octanol–water partition coefficient (Wildman–Crippen LogP) is 2.88. The van der Waals surface area contributed by atoms with E-state index in [-0.39, 0.29) is 6.61 Å². The Hall–Kier alpha value is -1.87. The molecule has 1 heterocycles. The number of aliphatic hydroxyl groups is 1. The second-order valence-electron chi connectivity index (χ2n) is 4.52. The Morgan fingerprint density at radius 1 is 1.21 bits per heavy atom. The maximum Gasteiger partial charge on any atom is 0.129 e. The van der Waals surface area contributed by atoms with Gasteiger partial charge >= 0.3 is 0 Å². The fourth-order valence-electron chi connectivity index (χ4n) is 2.21. The maximum atomic E-state index is 9.09. The van der Waals surface area contributed by atoms with E-state index in [1.807, 2.05) is 24.4 Å². The summed E-state index contributed by atoms with van der Waals surface area (Å²) >= 11 is 0. The van der Waals surface area contributed by atoms with Gasteiger partial charge in [0.05, 0.1) is 6.61 Å². The van der Waals surface area contributed by atoms with E-state index in [0.29, 0.717) is 6.54 Å². The lowest BCUT2D eigenvalue weighted by Crippen LogP contribution is -2.26. The first-order chi connectivity index (χ1) is 9.26. The van der Waals surface area contributed by atoms with Crippen molar-refractivity contribution >= 4 is 5.82 Å². The first kappa shape index (κ1) is 13.6. The Morgan fingerprint density at radius 2 is 2.00 bits per heavy atom. The van der Waals surface area contributed by atoms with Crippen molar-refractivity contribution in [3.8, 4) is 11.1 Å². The van der Waals surface area contributed by atoms with E-state index in [9.17, 15) is 0 Å². The van der Waals surface area contributed by atoms with Crippen LogP contribution in [0.5, 0.6) is 0 Å². The topological polar surface area (TPSA) is 36.4 Å². The lowest BCUT2D eigenvalue weighted by atomic mass is 10.0. The molecule has 0 atom stereocenters. The highest BCUT2D eigenvalue weighted by Crippen LogP contribution is 2.25. The first-order valence-corrected chi connectivity index (χ1v) is 6.64. The summed E-state index contributed by atoms with van der Waals surface area (Å²) in [4.78, 5) is 6.47. The normalized spacial score (nSPS) is 10.5. The van der Waals surface area contributed by atoms with Crippen LogP contribution in [-0.4, -0.2) is 29.8 Å². The van der Waals surface area contributed by atoms with Gasteiger partial charge in [0.25, 0.3) is 0 Å². The smallest absolute Gasteiger partial charge is 0.129 e. The van der Waals surface area contributed by atoms with Crippen LogP contribution in [0.25, 0.3) is 11.1 Å². The molecule has 0 spiro atoms. The van der Waals surface area contributed by atoms with Crippen LogP contribution in [0, 0.1) is 6.92 Å². The van der Waals surface area contributed by atoms with Gasteiger partial charge < -0.3 is 10.0 Å². The highest BCUT2D eigenvalue weighted by atomic mass is 16.3. The maximum absolute atomic E-state index is 9.09. The van der Waals surface area contributed by atoms with Gasteiger partial charge in [-0.1, -0.05) is 24.3 Å². The second-order valence-corrected chi connectivity index (χ2v) is 4.52. The Morgan fingerprint density at radius 3 is 2.68 bits per heavy atom. The summed E-state index contributed by atoms with van der Waals surface area (Å²) in [6.45, 7) is 5.77. The van der Waals surface area contributed by atoms with Gasteiger partial charge in [-0.15, -0.1) is 0 Å². The van der Waals surface area contributed by atoms with Gasteiger partial charge in [-0.2, -0.15) is 0 Å². The minimum atomic E-state index is 0.143. The van der Waals surface area contributed by atoms with Crippen molar-refractivity contribution in [2.75, 3.05) is 24.6 Å². The summed E-state index contributed by atoms with van der Waals surface area (Å²) in [6.07, 6.45) is 1.83. The van der Waals surface area contributed by atoms with Gasteiger partial charge in [-0.3, -0.25) is 0 Å². The van der Waals surface area contributed by atoms with Gasteiger partial charge in [0.2, 0.25) is 0 Å². The monoisotopic (exact) mass is 256 g/mol. The number of rotatable bonds is 5. The Labute approximate surface area is 114 Å². The molecule has 0 saturated heterocycles. The molecule has 1 aromatic heterocycles. The van der Waals surface area contributed by atoms with E-state index in [2.05, 4.69) is 41.9 Å². The number of likely N-dealkylation sites (N-methyl/N-ethyl adjacent to an activating group) is 1. The largest absolute Gasteiger partial charge is 0.395 e. The van der Waals surface area contributed by atoms with Crippen molar-refractivity contribution in [3.63, 3.8) is 0 Å². The molecule has 3 nitrogen and oxygen atoms in total. The molecular formula is C16H20N2O. The molecule has 0 fully saturated rings. The van der Waals surface area contributed by atoms with E-state index >= 15 is 0 Å². The third-order valence-electron chi connectivity index (χ3n) is 3.28. The molecule has 1 N–H and O–H groups in total. The zero-order valence-corrected chi connectivity index (χ0v) is 11.5. The van der Waals surface area contributed by atoms with Crippen molar-refractivity contribution < 1.29 is 5.11 Å². The quantitative estimate of drug-likeness (QED) is 0.893. The molecule has 0 aliphatic rings. The van der Waals surface area contributed by atoms with Crippen LogP contribution in [0.1, 0.15) is 12.5 Å². The van der Waals surface area contributed by atoms with E-state index < -0.39 is 0 Å². The lowest BCUT2D eigenvalue weighted by Gasteiger charge is -2.21.